The molecule has 0 fully saturated rings. The lowest BCUT2D eigenvalue weighted by Gasteiger charge is -2.17. The molecule has 0 spiro atoms. The van der Waals surface area contributed by atoms with Gasteiger partial charge in [0.2, 0.25) is 0 Å². The van der Waals surface area contributed by atoms with E-state index in [1.807, 2.05) is 0 Å². The van der Waals surface area contributed by atoms with Gasteiger partial charge in [0.1, 0.15) is 0 Å². The van der Waals surface area contributed by atoms with Crippen LogP contribution >= 0.6 is 0 Å². The molecule has 1 nitrogen and oxygen atoms in total. The lowest BCUT2D eigenvalue weighted by atomic mass is 9.88. The molecule has 0 saturated heterocycles. The molecule has 0 radical (unpaired) electrons. The second kappa shape index (κ2) is 3.97. The number of nitrogens with zero attached hydrogens (tertiary/aromatic N) is 1. The van der Waals surface area contributed by atoms with E-state index in [-0.39, 0.29) is 0 Å². The molecule has 2 heterocycles. The first-order chi connectivity index (χ1) is 7.47. The van der Waals surface area contributed by atoms with Crippen LogP contribution in [-0.2, 0) is 6.42 Å². The third-order valence-electron chi connectivity index (χ3n) is 3.13. The Labute approximate surface area is 98.1 Å². The highest BCUT2D eigenvalue weighted by atomic mass is 14.9. The van der Waals surface area contributed by atoms with Crippen molar-refractivity contribution in [2.45, 2.75) is 40.5 Å². The Balaban J connectivity index is 2.33. The zero-order valence-electron chi connectivity index (χ0n) is 10.7. The lowest BCUT2D eigenvalue weighted by molar-refractivity contribution is 0.378. The first-order valence-electron chi connectivity index (χ1n) is 6.02. The van der Waals surface area contributed by atoms with Crippen LogP contribution < -0.4 is 0 Å². The van der Waals surface area contributed by atoms with Gasteiger partial charge in [-0.1, -0.05) is 26.8 Å². The van der Waals surface area contributed by atoms with Gasteiger partial charge >= 0.3 is 0 Å². The normalized spacial score (nSPS) is 12.2. The minimum atomic E-state index is 0.412. The number of aryl methyl sites for hydroxylation is 2. The maximum absolute atomic E-state index is 2.31. The van der Waals surface area contributed by atoms with E-state index in [1.165, 1.54) is 29.5 Å². The largest absolute Gasteiger partial charge is 0.323 e. The predicted octanol–water partition coefficient (Wildman–Crippen LogP) is 4.23. The SMILES string of the molecule is Cc1cn2ccccc2c1CCC(C)(C)C. The van der Waals surface area contributed by atoms with Crippen LogP contribution in [0.1, 0.15) is 38.3 Å². The summed E-state index contributed by atoms with van der Waals surface area (Å²) in [7, 11) is 0. The summed E-state index contributed by atoms with van der Waals surface area (Å²) >= 11 is 0. The van der Waals surface area contributed by atoms with E-state index in [1.54, 1.807) is 0 Å². The molecular formula is C15H21N. The Morgan fingerprint density at radius 3 is 2.62 bits per heavy atom. The highest BCUT2D eigenvalue weighted by molar-refractivity contribution is 5.59. The Bertz CT molecular complexity index is 486. The fourth-order valence-corrected chi connectivity index (χ4v) is 2.14. The van der Waals surface area contributed by atoms with Crippen LogP contribution in [0.3, 0.4) is 0 Å². The molecule has 86 valence electrons. The molecule has 0 aliphatic rings. The summed E-state index contributed by atoms with van der Waals surface area (Å²) in [5.41, 5.74) is 4.70. The third kappa shape index (κ3) is 2.29. The summed E-state index contributed by atoms with van der Waals surface area (Å²) in [5.74, 6) is 0. The first-order valence-corrected chi connectivity index (χ1v) is 6.02. The van der Waals surface area contributed by atoms with Gasteiger partial charge in [-0.25, -0.2) is 0 Å². The van der Waals surface area contributed by atoms with Gasteiger partial charge in [0.05, 0.1) is 0 Å². The Kier molecular flexibility index (Phi) is 2.79. The number of hydrogen-bond donors (Lipinski definition) is 0. The van der Waals surface area contributed by atoms with E-state index < -0.39 is 0 Å². The molecule has 2 aromatic rings. The smallest absolute Gasteiger partial charge is 0.0484 e. The summed E-state index contributed by atoms with van der Waals surface area (Å²) in [4.78, 5) is 0. The van der Waals surface area contributed by atoms with Crippen molar-refractivity contribution in [2.75, 3.05) is 0 Å². The number of aromatic nitrogens is 1. The molecule has 0 aromatic carbocycles. The van der Waals surface area contributed by atoms with Crippen LogP contribution in [0.2, 0.25) is 0 Å². The molecule has 2 rings (SSSR count). The third-order valence-corrected chi connectivity index (χ3v) is 3.13. The topological polar surface area (TPSA) is 4.41 Å². The molecule has 0 bridgehead atoms. The maximum Gasteiger partial charge on any atom is 0.0484 e. The second-order valence-electron chi connectivity index (χ2n) is 5.84. The monoisotopic (exact) mass is 215 g/mol. The van der Waals surface area contributed by atoms with Crippen molar-refractivity contribution in [3.05, 3.63) is 41.7 Å². The van der Waals surface area contributed by atoms with Crippen molar-refractivity contribution in [3.8, 4) is 0 Å². The zero-order valence-corrected chi connectivity index (χ0v) is 10.7. The molecular weight excluding hydrogens is 194 g/mol. The van der Waals surface area contributed by atoms with Gasteiger partial charge in [-0.2, -0.15) is 0 Å². The van der Waals surface area contributed by atoms with Gasteiger partial charge in [0, 0.05) is 17.9 Å². The predicted molar refractivity (Wildman–Crippen MR) is 69.9 cm³/mol. The molecule has 16 heavy (non-hydrogen) atoms. The Morgan fingerprint density at radius 2 is 1.94 bits per heavy atom. The minimum absolute atomic E-state index is 0.412. The molecule has 1 heteroatoms. The summed E-state index contributed by atoms with van der Waals surface area (Å²) in [6.45, 7) is 9.13. The van der Waals surface area contributed by atoms with Crippen LogP contribution in [0.4, 0.5) is 0 Å². The van der Waals surface area contributed by atoms with Crippen LogP contribution in [0.15, 0.2) is 30.6 Å². The summed E-state index contributed by atoms with van der Waals surface area (Å²) in [6.07, 6.45) is 6.77. The summed E-state index contributed by atoms with van der Waals surface area (Å²) in [5, 5.41) is 0. The maximum atomic E-state index is 2.31. The van der Waals surface area contributed by atoms with E-state index in [2.05, 4.69) is 62.7 Å². The Hall–Kier alpha value is -1.24. The molecule has 0 saturated carbocycles. The second-order valence-corrected chi connectivity index (χ2v) is 5.84. The minimum Gasteiger partial charge on any atom is -0.323 e. The van der Waals surface area contributed by atoms with E-state index in [0.717, 1.165) is 0 Å². The quantitative estimate of drug-likeness (QED) is 0.706. The van der Waals surface area contributed by atoms with E-state index >= 15 is 0 Å². The van der Waals surface area contributed by atoms with Crippen molar-refractivity contribution >= 4 is 5.52 Å². The highest BCUT2D eigenvalue weighted by Crippen LogP contribution is 2.25. The fourth-order valence-electron chi connectivity index (χ4n) is 2.14. The molecule has 0 aliphatic heterocycles. The Morgan fingerprint density at radius 1 is 1.19 bits per heavy atom. The molecule has 2 aromatic heterocycles. The van der Waals surface area contributed by atoms with Gasteiger partial charge in [-0.15, -0.1) is 0 Å². The van der Waals surface area contributed by atoms with Crippen LogP contribution in [0.5, 0.6) is 0 Å². The van der Waals surface area contributed by atoms with Crippen LogP contribution in [-0.4, -0.2) is 4.40 Å². The lowest BCUT2D eigenvalue weighted by Crippen LogP contribution is -2.06. The van der Waals surface area contributed by atoms with Gasteiger partial charge in [0.15, 0.2) is 0 Å². The van der Waals surface area contributed by atoms with Crippen molar-refractivity contribution in [1.29, 1.82) is 0 Å². The molecule has 0 atom stereocenters. The fraction of sp³-hybridized carbons (Fsp3) is 0.467. The number of rotatable bonds is 2. The van der Waals surface area contributed by atoms with E-state index in [9.17, 15) is 0 Å². The standard InChI is InChI=1S/C15H21N/c1-12-11-16-10-6-5-7-14(16)13(12)8-9-15(2,3)4/h5-7,10-11H,8-9H2,1-4H3. The average Bonchev–Trinajstić information content (AvgIpc) is 2.49. The zero-order chi connectivity index (χ0) is 11.8. The number of fused-ring (bicyclic) bond motifs is 1. The average molecular weight is 215 g/mol. The van der Waals surface area contributed by atoms with Gasteiger partial charge in [0.25, 0.3) is 0 Å². The highest BCUT2D eigenvalue weighted by Gasteiger charge is 2.13. The van der Waals surface area contributed by atoms with Crippen molar-refractivity contribution in [3.63, 3.8) is 0 Å². The van der Waals surface area contributed by atoms with Crippen molar-refractivity contribution in [1.82, 2.24) is 4.40 Å². The molecule has 0 aliphatic carbocycles. The van der Waals surface area contributed by atoms with Crippen molar-refractivity contribution in [2.24, 2.45) is 5.41 Å². The first kappa shape index (κ1) is 11.3. The molecule has 0 N–H and O–H groups in total. The summed E-state index contributed by atoms with van der Waals surface area (Å²) in [6, 6.07) is 6.42. The summed E-state index contributed by atoms with van der Waals surface area (Å²) < 4.78 is 2.23. The van der Waals surface area contributed by atoms with E-state index in [4.69, 9.17) is 0 Å². The van der Waals surface area contributed by atoms with Crippen molar-refractivity contribution < 1.29 is 0 Å². The van der Waals surface area contributed by atoms with Crippen LogP contribution in [0.25, 0.3) is 5.52 Å². The molecule has 0 unspecified atom stereocenters. The number of pyridine rings is 1. The van der Waals surface area contributed by atoms with Gasteiger partial charge in [-0.05, 0) is 48.4 Å². The van der Waals surface area contributed by atoms with Crippen LogP contribution in [0, 0.1) is 12.3 Å². The van der Waals surface area contributed by atoms with Gasteiger partial charge in [-0.3, -0.25) is 0 Å². The van der Waals surface area contributed by atoms with E-state index in [0.29, 0.717) is 5.41 Å². The number of hydrogen-bond acceptors (Lipinski definition) is 0. The molecule has 0 amide bonds. The van der Waals surface area contributed by atoms with Gasteiger partial charge < -0.3 is 4.40 Å².